The molecule has 33 heavy (non-hydrogen) atoms. The molecule has 0 fully saturated rings. The maximum atomic E-state index is 14.4. The predicted octanol–water partition coefficient (Wildman–Crippen LogP) is 3.23. The molecular weight excluding hydrogens is 464 g/mol. The molecule has 2 amide bonds. The smallest absolute Gasteiger partial charge is 0.326 e. The largest absolute Gasteiger partial charge is 0.425 e. The van der Waals surface area contributed by atoms with E-state index in [0.717, 1.165) is 28.8 Å². The number of amides is 2. The molecule has 0 bridgehead atoms. The van der Waals surface area contributed by atoms with Gasteiger partial charge in [-0.3, -0.25) is 23.9 Å². The van der Waals surface area contributed by atoms with E-state index in [1.807, 2.05) is 0 Å². The summed E-state index contributed by atoms with van der Waals surface area (Å²) >= 11 is 5.12. The van der Waals surface area contributed by atoms with Crippen LogP contribution >= 0.6 is 12.2 Å². The van der Waals surface area contributed by atoms with E-state index in [1.54, 1.807) is 35.6 Å². The monoisotopic (exact) mass is 478 g/mol. The van der Waals surface area contributed by atoms with Gasteiger partial charge in [0.1, 0.15) is 17.2 Å². The lowest BCUT2D eigenvalue weighted by Gasteiger charge is -2.30. The molecule has 7 nitrogen and oxygen atoms in total. The second-order valence-electron chi connectivity index (χ2n) is 7.22. The molecule has 1 aromatic heterocycles. The molecule has 1 atom stereocenters. The van der Waals surface area contributed by atoms with Gasteiger partial charge in [-0.25, -0.2) is 4.39 Å². The number of anilines is 1. The lowest BCUT2D eigenvalue weighted by Crippen LogP contribution is -2.61. The molecule has 3 N–H and O–H groups in total. The summed E-state index contributed by atoms with van der Waals surface area (Å²) in [5.74, 6) is -4.19. The number of nitrogens with zero attached hydrogens (tertiary/aromatic N) is 1. The summed E-state index contributed by atoms with van der Waals surface area (Å²) in [7, 11) is 0. The number of aromatic nitrogens is 2. The van der Waals surface area contributed by atoms with E-state index in [9.17, 15) is 31.9 Å². The average Bonchev–Trinajstić information content (AvgIpc) is 3.05. The summed E-state index contributed by atoms with van der Waals surface area (Å²) in [4.78, 5) is 40.2. The Morgan fingerprint density at radius 1 is 1.06 bits per heavy atom. The van der Waals surface area contributed by atoms with E-state index in [4.69, 9.17) is 12.2 Å². The van der Waals surface area contributed by atoms with Crippen molar-refractivity contribution in [3.05, 3.63) is 92.2 Å². The Morgan fingerprint density at radius 2 is 1.70 bits per heavy atom. The summed E-state index contributed by atoms with van der Waals surface area (Å²) in [6.07, 6.45) is -5.40. The summed E-state index contributed by atoms with van der Waals surface area (Å²) in [6, 6.07) is 12.2. The Labute approximate surface area is 188 Å². The number of carbonyl (C=O) groups is 2. The molecule has 0 saturated heterocycles. The number of hydrogen-bond acceptors (Lipinski definition) is 4. The number of carbonyl (C=O) groups excluding carboxylic acids is 2. The Morgan fingerprint density at radius 3 is 2.30 bits per heavy atom. The molecule has 3 aromatic rings. The van der Waals surface area contributed by atoms with Gasteiger partial charge in [-0.2, -0.15) is 13.2 Å². The van der Waals surface area contributed by atoms with Crippen molar-refractivity contribution >= 4 is 29.9 Å². The van der Waals surface area contributed by atoms with E-state index in [-0.39, 0.29) is 16.9 Å². The Hall–Kier alpha value is -3.80. The average molecular weight is 478 g/mol. The summed E-state index contributed by atoms with van der Waals surface area (Å²) in [6.45, 7) is -0.0566. The van der Waals surface area contributed by atoms with Crippen LogP contribution < -0.4 is 16.2 Å². The Kier molecular flexibility index (Phi) is 5.40. The fourth-order valence-corrected chi connectivity index (χ4v) is 3.83. The number of H-pyrrole nitrogens is 1. The van der Waals surface area contributed by atoms with Crippen molar-refractivity contribution in [3.8, 4) is 0 Å². The van der Waals surface area contributed by atoms with E-state index < -0.39 is 46.3 Å². The van der Waals surface area contributed by atoms with Gasteiger partial charge in [0.05, 0.1) is 6.54 Å². The van der Waals surface area contributed by atoms with Gasteiger partial charge in [0, 0.05) is 5.56 Å². The maximum absolute atomic E-state index is 14.4. The maximum Gasteiger partial charge on any atom is 0.425 e. The van der Waals surface area contributed by atoms with Gasteiger partial charge >= 0.3 is 6.18 Å². The third-order valence-electron chi connectivity index (χ3n) is 5.16. The topological polar surface area (TPSA) is 96.0 Å². The molecule has 12 heteroatoms. The van der Waals surface area contributed by atoms with Crippen molar-refractivity contribution in [1.29, 1.82) is 0 Å². The SMILES string of the molecule is O=C(NC1(C(F)(F)F)C(=O)Nc2c1c(=O)[nH]c(=S)n2Cc1ccccc1)c1ccc(F)cc1. The number of nitrogens with one attached hydrogen (secondary N) is 3. The minimum atomic E-state index is -5.40. The summed E-state index contributed by atoms with van der Waals surface area (Å²) in [5, 5.41) is 3.73. The molecule has 0 spiro atoms. The van der Waals surface area contributed by atoms with Crippen LogP contribution in [0.2, 0.25) is 0 Å². The molecule has 170 valence electrons. The van der Waals surface area contributed by atoms with Crippen molar-refractivity contribution in [2.45, 2.75) is 18.3 Å². The fraction of sp³-hybridized carbons (Fsp3) is 0.143. The van der Waals surface area contributed by atoms with E-state index in [1.165, 1.54) is 0 Å². The van der Waals surface area contributed by atoms with Crippen molar-refractivity contribution < 1.29 is 27.2 Å². The normalized spacial score (nSPS) is 17.4. The molecule has 4 rings (SSSR count). The van der Waals surface area contributed by atoms with Gasteiger partial charge in [0.25, 0.3) is 22.9 Å². The van der Waals surface area contributed by atoms with Crippen molar-refractivity contribution in [1.82, 2.24) is 14.9 Å². The highest BCUT2D eigenvalue weighted by atomic mass is 32.1. The van der Waals surface area contributed by atoms with E-state index >= 15 is 0 Å². The number of hydrogen-bond donors (Lipinski definition) is 3. The van der Waals surface area contributed by atoms with Crippen molar-refractivity contribution in [2.24, 2.45) is 0 Å². The third-order valence-corrected chi connectivity index (χ3v) is 5.49. The Bertz CT molecular complexity index is 1370. The number of halogens is 4. The van der Waals surface area contributed by atoms with Gasteiger partial charge < -0.3 is 10.6 Å². The number of benzene rings is 2. The second kappa shape index (κ2) is 7.96. The Balaban J connectivity index is 1.89. The van der Waals surface area contributed by atoms with Crippen LogP contribution in [0.3, 0.4) is 0 Å². The zero-order chi connectivity index (χ0) is 24.0. The van der Waals surface area contributed by atoms with Crippen LogP contribution in [0.25, 0.3) is 0 Å². The van der Waals surface area contributed by atoms with Gasteiger partial charge in [-0.15, -0.1) is 0 Å². The first kappa shape index (κ1) is 22.4. The first-order valence-electron chi connectivity index (χ1n) is 9.42. The standard InChI is InChI=1S/C21H14F4N4O3S/c22-13-8-6-12(7-9-13)16(30)28-20(21(23,24)25)14-15(26-18(20)32)29(19(33)27-17(14)31)10-11-4-2-1-3-5-11/h1-9H,10H2,(H,26,32)(H,28,30)(H,27,31,33). The number of fused-ring (bicyclic) bond motifs is 1. The molecule has 0 saturated carbocycles. The van der Waals surface area contributed by atoms with Crippen molar-refractivity contribution in [2.75, 3.05) is 5.32 Å². The molecule has 0 radical (unpaired) electrons. The van der Waals surface area contributed by atoms with Gasteiger partial charge in [-0.1, -0.05) is 30.3 Å². The first-order chi connectivity index (χ1) is 15.5. The minimum Gasteiger partial charge on any atom is -0.326 e. The summed E-state index contributed by atoms with van der Waals surface area (Å²) < 4.78 is 57.3. The van der Waals surface area contributed by atoms with Gasteiger partial charge in [0.2, 0.25) is 0 Å². The molecular formula is C21H14F4N4O3S. The van der Waals surface area contributed by atoms with Crippen LogP contribution in [0.15, 0.2) is 59.4 Å². The van der Waals surface area contributed by atoms with Crippen LogP contribution in [0, 0.1) is 10.6 Å². The quantitative estimate of drug-likeness (QED) is 0.396. The number of alkyl halides is 3. The first-order valence-corrected chi connectivity index (χ1v) is 9.83. The molecule has 1 aliphatic heterocycles. The zero-order valence-corrected chi connectivity index (χ0v) is 17.3. The molecule has 2 heterocycles. The summed E-state index contributed by atoms with van der Waals surface area (Å²) in [5.41, 5.74) is -5.72. The van der Waals surface area contributed by atoms with Gasteiger partial charge in [-0.05, 0) is 42.0 Å². The molecule has 1 aliphatic rings. The molecule has 2 aromatic carbocycles. The highest BCUT2D eigenvalue weighted by molar-refractivity contribution is 7.71. The van der Waals surface area contributed by atoms with E-state index in [0.29, 0.717) is 5.56 Å². The van der Waals surface area contributed by atoms with Crippen LogP contribution in [0.1, 0.15) is 21.5 Å². The van der Waals surface area contributed by atoms with Crippen LogP contribution in [-0.4, -0.2) is 27.5 Å². The second-order valence-corrected chi connectivity index (χ2v) is 7.60. The fourth-order valence-electron chi connectivity index (χ4n) is 3.59. The third kappa shape index (κ3) is 3.71. The van der Waals surface area contributed by atoms with Crippen LogP contribution in [0.4, 0.5) is 23.4 Å². The van der Waals surface area contributed by atoms with E-state index in [2.05, 4.69) is 10.3 Å². The highest BCUT2D eigenvalue weighted by Crippen LogP contribution is 2.45. The molecule has 0 aliphatic carbocycles. The van der Waals surface area contributed by atoms with Crippen molar-refractivity contribution in [3.63, 3.8) is 0 Å². The van der Waals surface area contributed by atoms with Gasteiger partial charge in [0.15, 0.2) is 4.77 Å². The number of rotatable bonds is 4. The lowest BCUT2D eigenvalue weighted by molar-refractivity contribution is -0.196. The predicted molar refractivity (Wildman–Crippen MR) is 112 cm³/mol. The van der Waals surface area contributed by atoms with Crippen LogP contribution in [-0.2, 0) is 16.9 Å². The zero-order valence-electron chi connectivity index (χ0n) is 16.5. The molecule has 1 unspecified atom stereocenters. The number of aromatic amines is 1. The highest BCUT2D eigenvalue weighted by Gasteiger charge is 2.68. The minimum absolute atomic E-state index is 0.0566. The lowest BCUT2D eigenvalue weighted by atomic mass is 9.91. The van der Waals surface area contributed by atoms with Crippen LogP contribution in [0.5, 0.6) is 0 Å².